The van der Waals surface area contributed by atoms with Crippen LogP contribution in [0.5, 0.6) is 5.75 Å². The highest BCUT2D eigenvalue weighted by molar-refractivity contribution is 6.03. The number of carbonyl (C=O) groups excluding carboxylic acids is 2. The van der Waals surface area contributed by atoms with E-state index in [9.17, 15) is 9.59 Å². The van der Waals surface area contributed by atoms with Crippen molar-refractivity contribution in [3.63, 3.8) is 0 Å². The molecule has 2 amide bonds. The van der Waals surface area contributed by atoms with Crippen LogP contribution in [-0.4, -0.2) is 31.5 Å². The monoisotopic (exact) mass is 291 g/mol. The van der Waals surface area contributed by atoms with E-state index in [2.05, 4.69) is 10.6 Å². The molecule has 0 spiro atoms. The van der Waals surface area contributed by atoms with Crippen LogP contribution in [-0.2, 0) is 4.79 Å². The van der Waals surface area contributed by atoms with E-state index in [4.69, 9.17) is 10.5 Å². The third-order valence-corrected chi connectivity index (χ3v) is 3.76. The molecular weight excluding hydrogens is 270 g/mol. The van der Waals surface area contributed by atoms with Crippen molar-refractivity contribution < 1.29 is 14.3 Å². The summed E-state index contributed by atoms with van der Waals surface area (Å²) < 4.78 is 5.34. The molecule has 6 nitrogen and oxygen atoms in total. The van der Waals surface area contributed by atoms with Crippen molar-refractivity contribution in [2.75, 3.05) is 25.0 Å². The number of amides is 2. The molecular formula is C15H21N3O3. The van der Waals surface area contributed by atoms with Crippen molar-refractivity contribution in [2.24, 2.45) is 17.6 Å². The summed E-state index contributed by atoms with van der Waals surface area (Å²) in [6, 6.07) is 4.91. The molecule has 1 aromatic carbocycles. The Kier molecular flexibility index (Phi) is 4.80. The van der Waals surface area contributed by atoms with Crippen LogP contribution in [0.1, 0.15) is 24.2 Å². The van der Waals surface area contributed by atoms with Gasteiger partial charge in [0.25, 0.3) is 5.91 Å². The summed E-state index contributed by atoms with van der Waals surface area (Å²) in [6.45, 7) is 5.93. The molecule has 1 aliphatic rings. The van der Waals surface area contributed by atoms with E-state index in [1.54, 1.807) is 18.2 Å². The predicted octanol–water partition coefficient (Wildman–Crippen LogP) is 0.978. The molecule has 0 aliphatic carbocycles. The zero-order valence-electron chi connectivity index (χ0n) is 12.3. The fourth-order valence-electron chi connectivity index (χ4n) is 2.22. The Balaban J connectivity index is 2.14. The second-order valence-electron chi connectivity index (χ2n) is 5.20. The van der Waals surface area contributed by atoms with Gasteiger partial charge in [-0.15, -0.1) is 0 Å². The quantitative estimate of drug-likeness (QED) is 0.728. The van der Waals surface area contributed by atoms with E-state index < -0.39 is 5.91 Å². The summed E-state index contributed by atoms with van der Waals surface area (Å²) in [5.74, 6) is 0.0850. The zero-order chi connectivity index (χ0) is 15.4. The molecule has 1 unspecified atom stereocenters. The van der Waals surface area contributed by atoms with Crippen molar-refractivity contribution in [3.8, 4) is 5.75 Å². The van der Waals surface area contributed by atoms with Gasteiger partial charge >= 0.3 is 0 Å². The minimum atomic E-state index is -0.593. The lowest BCUT2D eigenvalue weighted by Crippen LogP contribution is -2.48. The lowest BCUT2D eigenvalue weighted by atomic mass is 9.88. The van der Waals surface area contributed by atoms with Crippen LogP contribution in [0.25, 0.3) is 0 Å². The molecule has 1 aliphatic heterocycles. The number of benzene rings is 1. The second kappa shape index (κ2) is 6.58. The number of hydrogen-bond acceptors (Lipinski definition) is 4. The van der Waals surface area contributed by atoms with Crippen LogP contribution in [0.2, 0.25) is 0 Å². The van der Waals surface area contributed by atoms with Gasteiger partial charge in [-0.2, -0.15) is 0 Å². The predicted molar refractivity (Wildman–Crippen MR) is 80.3 cm³/mol. The minimum absolute atomic E-state index is 0.104. The van der Waals surface area contributed by atoms with Gasteiger partial charge < -0.3 is 21.1 Å². The van der Waals surface area contributed by atoms with Gasteiger partial charge in [0, 0.05) is 5.92 Å². The molecule has 1 saturated heterocycles. The van der Waals surface area contributed by atoms with Gasteiger partial charge in [0.05, 0.1) is 17.9 Å². The SMILES string of the molecule is CCOc1ccc(NC(=O)C(C)C2CNC2)c(C(N)=O)c1. The molecule has 6 heteroatoms. The average molecular weight is 291 g/mol. The standard InChI is InChI=1S/C15H21N3O3/c1-3-21-11-4-5-13(12(6-11)14(16)19)18-15(20)9(2)10-7-17-8-10/h4-6,9-10,17H,3,7-8H2,1-2H3,(H2,16,19)(H,18,20). The van der Waals surface area contributed by atoms with Crippen LogP contribution in [0.4, 0.5) is 5.69 Å². The number of hydrogen-bond donors (Lipinski definition) is 3. The first-order valence-electron chi connectivity index (χ1n) is 7.11. The van der Waals surface area contributed by atoms with Gasteiger partial charge in [0.2, 0.25) is 5.91 Å². The van der Waals surface area contributed by atoms with E-state index in [1.165, 1.54) is 0 Å². The van der Waals surface area contributed by atoms with Crippen LogP contribution in [0, 0.1) is 11.8 Å². The van der Waals surface area contributed by atoms with Gasteiger partial charge in [-0.1, -0.05) is 6.92 Å². The maximum absolute atomic E-state index is 12.2. The molecule has 114 valence electrons. The van der Waals surface area contributed by atoms with Crippen LogP contribution in [0.3, 0.4) is 0 Å². The Morgan fingerprint density at radius 1 is 1.48 bits per heavy atom. The number of anilines is 1. The van der Waals surface area contributed by atoms with E-state index in [0.29, 0.717) is 24.0 Å². The minimum Gasteiger partial charge on any atom is -0.494 e. The molecule has 0 aromatic heterocycles. The largest absolute Gasteiger partial charge is 0.494 e. The molecule has 2 rings (SSSR count). The van der Waals surface area contributed by atoms with Crippen molar-refractivity contribution in [2.45, 2.75) is 13.8 Å². The number of primary amides is 1. The molecule has 4 N–H and O–H groups in total. The summed E-state index contributed by atoms with van der Waals surface area (Å²) >= 11 is 0. The number of nitrogens with two attached hydrogens (primary N) is 1. The lowest BCUT2D eigenvalue weighted by molar-refractivity contribution is -0.121. The van der Waals surface area contributed by atoms with Crippen LogP contribution in [0.15, 0.2) is 18.2 Å². The number of carbonyl (C=O) groups is 2. The third kappa shape index (κ3) is 3.52. The Hall–Kier alpha value is -2.08. The van der Waals surface area contributed by atoms with Crippen LogP contribution >= 0.6 is 0 Å². The van der Waals surface area contributed by atoms with Crippen molar-refractivity contribution in [3.05, 3.63) is 23.8 Å². The fourth-order valence-corrected chi connectivity index (χ4v) is 2.22. The normalized spacial score (nSPS) is 15.9. The lowest BCUT2D eigenvalue weighted by Gasteiger charge is -2.31. The summed E-state index contributed by atoms with van der Waals surface area (Å²) in [6.07, 6.45) is 0. The third-order valence-electron chi connectivity index (χ3n) is 3.76. The van der Waals surface area contributed by atoms with Crippen molar-refractivity contribution >= 4 is 17.5 Å². The first-order valence-corrected chi connectivity index (χ1v) is 7.11. The molecule has 1 heterocycles. The topological polar surface area (TPSA) is 93.4 Å². The number of ether oxygens (including phenoxy) is 1. The van der Waals surface area contributed by atoms with E-state index in [-0.39, 0.29) is 17.4 Å². The zero-order valence-corrected chi connectivity index (χ0v) is 12.3. The summed E-state index contributed by atoms with van der Waals surface area (Å²) in [4.78, 5) is 23.7. The van der Waals surface area contributed by atoms with Gasteiger partial charge in [-0.3, -0.25) is 9.59 Å². The summed E-state index contributed by atoms with van der Waals surface area (Å²) in [5.41, 5.74) is 6.06. The molecule has 0 bridgehead atoms. The van der Waals surface area contributed by atoms with E-state index >= 15 is 0 Å². The maximum Gasteiger partial charge on any atom is 0.250 e. The van der Waals surface area contributed by atoms with Gasteiger partial charge in [0.15, 0.2) is 0 Å². The van der Waals surface area contributed by atoms with Crippen molar-refractivity contribution in [1.29, 1.82) is 0 Å². The molecule has 0 radical (unpaired) electrons. The molecule has 1 atom stereocenters. The number of rotatable bonds is 6. The van der Waals surface area contributed by atoms with E-state index in [0.717, 1.165) is 13.1 Å². The average Bonchev–Trinajstić information content (AvgIpc) is 2.38. The Labute approximate surface area is 124 Å². The summed E-state index contributed by atoms with van der Waals surface area (Å²) in [7, 11) is 0. The highest BCUT2D eigenvalue weighted by Gasteiger charge is 2.29. The first kappa shape index (κ1) is 15.3. The first-order chi connectivity index (χ1) is 10.0. The van der Waals surface area contributed by atoms with Crippen LogP contribution < -0.4 is 21.1 Å². The van der Waals surface area contributed by atoms with Gasteiger partial charge in [0.1, 0.15) is 5.75 Å². The molecule has 1 aromatic rings. The smallest absolute Gasteiger partial charge is 0.250 e. The highest BCUT2D eigenvalue weighted by Crippen LogP contribution is 2.24. The summed E-state index contributed by atoms with van der Waals surface area (Å²) in [5, 5.41) is 5.93. The van der Waals surface area contributed by atoms with Gasteiger partial charge in [-0.05, 0) is 44.1 Å². The number of nitrogens with one attached hydrogen (secondary N) is 2. The Morgan fingerprint density at radius 3 is 2.71 bits per heavy atom. The molecule has 0 saturated carbocycles. The highest BCUT2D eigenvalue weighted by atomic mass is 16.5. The maximum atomic E-state index is 12.2. The van der Waals surface area contributed by atoms with Gasteiger partial charge in [-0.25, -0.2) is 0 Å². The Morgan fingerprint density at radius 2 is 2.19 bits per heavy atom. The Bertz CT molecular complexity index is 541. The molecule has 1 fully saturated rings. The fraction of sp³-hybridized carbons (Fsp3) is 0.467. The second-order valence-corrected chi connectivity index (χ2v) is 5.20. The van der Waals surface area contributed by atoms with Crippen molar-refractivity contribution in [1.82, 2.24) is 5.32 Å². The van der Waals surface area contributed by atoms with E-state index in [1.807, 2.05) is 13.8 Å². The molecule has 21 heavy (non-hydrogen) atoms.